The standard InChI is InChI=1S/C24H27N3O4/c1-4-18-8-7-9-19(14-18)27-24-20-15-22(30-12-10-28-5-2)23(31-13-11-29-6-3)16-21(20)25-17-26-24/h1,7-9,14-17H,5-6,10-13H2,2-3H3,(H,25,26,27). The van der Waals surface area contributed by atoms with Crippen molar-refractivity contribution in [2.24, 2.45) is 0 Å². The molecule has 0 unspecified atom stereocenters. The van der Waals surface area contributed by atoms with Crippen LogP contribution in [-0.4, -0.2) is 49.6 Å². The third kappa shape index (κ3) is 6.32. The minimum absolute atomic E-state index is 0.405. The lowest BCUT2D eigenvalue weighted by molar-refractivity contribution is 0.100. The quantitative estimate of drug-likeness (QED) is 0.347. The predicted octanol–water partition coefficient (Wildman–Crippen LogP) is 4.19. The van der Waals surface area contributed by atoms with Gasteiger partial charge in [0.2, 0.25) is 0 Å². The van der Waals surface area contributed by atoms with E-state index in [-0.39, 0.29) is 0 Å². The monoisotopic (exact) mass is 421 g/mol. The first-order valence-electron chi connectivity index (χ1n) is 10.3. The average Bonchev–Trinajstić information content (AvgIpc) is 2.80. The molecule has 3 rings (SSSR count). The normalized spacial score (nSPS) is 10.6. The van der Waals surface area contributed by atoms with Gasteiger partial charge in [-0.25, -0.2) is 9.97 Å². The molecular weight excluding hydrogens is 394 g/mol. The summed E-state index contributed by atoms with van der Waals surface area (Å²) in [6.45, 7) is 6.97. The highest BCUT2D eigenvalue weighted by atomic mass is 16.6. The van der Waals surface area contributed by atoms with Crippen LogP contribution < -0.4 is 14.8 Å². The molecule has 3 aromatic rings. The minimum Gasteiger partial charge on any atom is -0.487 e. The number of hydrogen-bond donors (Lipinski definition) is 1. The van der Waals surface area contributed by atoms with Crippen LogP contribution in [-0.2, 0) is 9.47 Å². The lowest BCUT2D eigenvalue weighted by atomic mass is 10.2. The number of ether oxygens (including phenoxy) is 4. The second-order valence-electron chi connectivity index (χ2n) is 6.48. The zero-order valence-corrected chi connectivity index (χ0v) is 17.9. The fraction of sp³-hybridized carbons (Fsp3) is 0.333. The second-order valence-corrected chi connectivity index (χ2v) is 6.48. The van der Waals surface area contributed by atoms with E-state index >= 15 is 0 Å². The van der Waals surface area contributed by atoms with Crippen molar-refractivity contribution in [1.29, 1.82) is 0 Å². The number of nitrogens with zero attached hydrogens (tertiary/aromatic N) is 2. The highest BCUT2D eigenvalue weighted by Crippen LogP contribution is 2.35. The lowest BCUT2D eigenvalue weighted by Gasteiger charge is -2.15. The van der Waals surface area contributed by atoms with E-state index in [0.717, 1.165) is 22.2 Å². The molecule has 0 bridgehead atoms. The van der Waals surface area contributed by atoms with Crippen LogP contribution in [0.3, 0.4) is 0 Å². The van der Waals surface area contributed by atoms with E-state index in [1.807, 2.05) is 50.2 Å². The first-order valence-corrected chi connectivity index (χ1v) is 10.3. The van der Waals surface area contributed by atoms with Crippen molar-refractivity contribution in [3.63, 3.8) is 0 Å². The second kappa shape index (κ2) is 11.7. The molecule has 0 aliphatic heterocycles. The lowest BCUT2D eigenvalue weighted by Crippen LogP contribution is -2.10. The number of benzene rings is 2. The summed E-state index contributed by atoms with van der Waals surface area (Å²) in [4.78, 5) is 8.81. The number of anilines is 2. The summed E-state index contributed by atoms with van der Waals surface area (Å²) in [5.74, 6) is 4.48. The first kappa shape index (κ1) is 22.3. The van der Waals surface area contributed by atoms with Crippen LogP contribution in [0.2, 0.25) is 0 Å². The van der Waals surface area contributed by atoms with Crippen LogP contribution >= 0.6 is 0 Å². The van der Waals surface area contributed by atoms with Crippen LogP contribution in [0.1, 0.15) is 19.4 Å². The van der Waals surface area contributed by atoms with Crippen LogP contribution in [0, 0.1) is 12.3 Å². The summed E-state index contributed by atoms with van der Waals surface area (Å²) in [5.41, 5.74) is 2.36. The third-order valence-electron chi connectivity index (χ3n) is 4.37. The molecule has 1 aromatic heterocycles. The molecule has 0 fully saturated rings. The molecule has 0 saturated carbocycles. The number of rotatable bonds is 12. The van der Waals surface area contributed by atoms with Gasteiger partial charge in [0.25, 0.3) is 0 Å². The van der Waals surface area contributed by atoms with Gasteiger partial charge >= 0.3 is 0 Å². The summed E-state index contributed by atoms with van der Waals surface area (Å²) in [5, 5.41) is 4.12. The van der Waals surface area contributed by atoms with Gasteiger partial charge in [0.1, 0.15) is 25.4 Å². The van der Waals surface area contributed by atoms with Gasteiger partial charge in [-0.2, -0.15) is 0 Å². The average molecular weight is 421 g/mol. The molecule has 7 heteroatoms. The summed E-state index contributed by atoms with van der Waals surface area (Å²) in [7, 11) is 0. The Kier molecular flexibility index (Phi) is 8.47. The molecule has 162 valence electrons. The molecule has 0 aliphatic carbocycles. The zero-order valence-electron chi connectivity index (χ0n) is 17.9. The van der Waals surface area contributed by atoms with Gasteiger partial charge in [-0.05, 0) is 38.1 Å². The number of hydrogen-bond acceptors (Lipinski definition) is 7. The molecule has 0 atom stereocenters. The van der Waals surface area contributed by atoms with Crippen molar-refractivity contribution in [1.82, 2.24) is 9.97 Å². The zero-order chi connectivity index (χ0) is 21.9. The Bertz CT molecular complexity index is 1030. The maximum Gasteiger partial charge on any atom is 0.163 e. The van der Waals surface area contributed by atoms with Gasteiger partial charge in [-0.3, -0.25) is 0 Å². The minimum atomic E-state index is 0.405. The van der Waals surface area contributed by atoms with Crippen LogP contribution in [0.15, 0.2) is 42.7 Å². The Hall–Kier alpha value is -3.34. The Morgan fingerprint density at radius 3 is 2.29 bits per heavy atom. The van der Waals surface area contributed by atoms with Gasteiger partial charge in [-0.1, -0.05) is 12.0 Å². The Balaban J connectivity index is 1.90. The van der Waals surface area contributed by atoms with Gasteiger partial charge in [0, 0.05) is 35.9 Å². The molecule has 0 saturated heterocycles. The molecule has 0 spiro atoms. The molecule has 2 aromatic carbocycles. The van der Waals surface area contributed by atoms with Crippen molar-refractivity contribution in [3.05, 3.63) is 48.3 Å². The van der Waals surface area contributed by atoms with E-state index in [9.17, 15) is 0 Å². The van der Waals surface area contributed by atoms with Crippen molar-refractivity contribution in [2.75, 3.05) is 45.0 Å². The van der Waals surface area contributed by atoms with Crippen molar-refractivity contribution < 1.29 is 18.9 Å². The van der Waals surface area contributed by atoms with Crippen LogP contribution in [0.5, 0.6) is 11.5 Å². The van der Waals surface area contributed by atoms with Gasteiger partial charge in [-0.15, -0.1) is 6.42 Å². The summed E-state index contributed by atoms with van der Waals surface area (Å²) in [6.07, 6.45) is 7.02. The van der Waals surface area contributed by atoms with Crippen molar-refractivity contribution >= 4 is 22.4 Å². The number of terminal acetylenes is 1. The van der Waals surface area contributed by atoms with Gasteiger partial charge in [0.15, 0.2) is 11.5 Å². The smallest absolute Gasteiger partial charge is 0.163 e. The third-order valence-corrected chi connectivity index (χ3v) is 4.37. The largest absolute Gasteiger partial charge is 0.487 e. The highest BCUT2D eigenvalue weighted by molar-refractivity contribution is 5.93. The topological polar surface area (TPSA) is 74.7 Å². The van der Waals surface area contributed by atoms with E-state index in [1.165, 1.54) is 6.33 Å². The fourth-order valence-electron chi connectivity index (χ4n) is 2.92. The highest BCUT2D eigenvalue weighted by Gasteiger charge is 2.13. The van der Waals surface area contributed by atoms with Crippen LogP contribution in [0.25, 0.3) is 10.9 Å². The number of fused-ring (bicyclic) bond motifs is 1. The van der Waals surface area contributed by atoms with E-state index in [4.69, 9.17) is 25.4 Å². The van der Waals surface area contributed by atoms with Crippen molar-refractivity contribution in [2.45, 2.75) is 13.8 Å². The summed E-state index contributed by atoms with van der Waals surface area (Å²) >= 11 is 0. The molecular formula is C24H27N3O4. The molecule has 1 heterocycles. The Morgan fingerprint density at radius 2 is 1.61 bits per heavy atom. The molecule has 0 radical (unpaired) electrons. The molecule has 0 amide bonds. The number of nitrogens with one attached hydrogen (secondary N) is 1. The Labute approximate surface area is 182 Å². The maximum atomic E-state index is 5.95. The molecule has 7 nitrogen and oxygen atoms in total. The van der Waals surface area contributed by atoms with Gasteiger partial charge in [0.05, 0.1) is 18.7 Å². The first-order chi connectivity index (χ1) is 15.2. The Morgan fingerprint density at radius 1 is 0.903 bits per heavy atom. The van der Waals surface area contributed by atoms with E-state index in [1.54, 1.807) is 0 Å². The number of aromatic nitrogens is 2. The molecule has 1 N–H and O–H groups in total. The summed E-state index contributed by atoms with van der Waals surface area (Å²) in [6, 6.07) is 11.3. The van der Waals surface area contributed by atoms with E-state index < -0.39 is 0 Å². The molecule has 0 aliphatic rings. The van der Waals surface area contributed by atoms with E-state index in [2.05, 4.69) is 21.2 Å². The van der Waals surface area contributed by atoms with Crippen LogP contribution in [0.4, 0.5) is 11.5 Å². The summed E-state index contributed by atoms with van der Waals surface area (Å²) < 4.78 is 22.6. The van der Waals surface area contributed by atoms with Crippen molar-refractivity contribution in [3.8, 4) is 23.8 Å². The van der Waals surface area contributed by atoms with Gasteiger partial charge < -0.3 is 24.3 Å². The van der Waals surface area contributed by atoms with E-state index in [0.29, 0.717) is 57.0 Å². The fourth-order valence-corrected chi connectivity index (χ4v) is 2.92. The SMILES string of the molecule is C#Cc1cccc(Nc2ncnc3cc(OCCOCC)c(OCCOCC)cc23)c1. The predicted molar refractivity (Wildman–Crippen MR) is 121 cm³/mol. The maximum absolute atomic E-state index is 5.95. The molecule has 31 heavy (non-hydrogen) atoms.